The average molecular weight is 293 g/mol. The van der Waals surface area contributed by atoms with E-state index in [1.165, 1.54) is 0 Å². The van der Waals surface area contributed by atoms with Gasteiger partial charge in [-0.3, -0.25) is 4.79 Å². The Kier molecular flexibility index (Phi) is 4.07. The van der Waals surface area contributed by atoms with E-state index >= 15 is 0 Å². The molecule has 0 amide bonds. The topological polar surface area (TPSA) is 49.5 Å². The molecule has 0 aliphatic rings. The number of hydrogen-bond donors (Lipinski definition) is 2. The summed E-state index contributed by atoms with van der Waals surface area (Å²) < 4.78 is 0. The first-order valence-electron chi connectivity index (χ1n) is 7.67. The van der Waals surface area contributed by atoms with Gasteiger partial charge in [-0.2, -0.15) is 0 Å². The minimum absolute atomic E-state index is 0.150. The van der Waals surface area contributed by atoms with Crippen molar-refractivity contribution < 1.29 is 10.1 Å². The highest BCUT2D eigenvalue weighted by Gasteiger charge is 2.28. The van der Waals surface area contributed by atoms with Crippen molar-refractivity contribution in [1.82, 2.24) is 4.98 Å². The molecule has 0 radical (unpaired) electrons. The molecule has 0 fully saturated rings. The summed E-state index contributed by atoms with van der Waals surface area (Å²) in [5, 5.41) is 3.12. The molecule has 3 heteroatoms. The lowest BCUT2D eigenvalue weighted by Crippen LogP contribution is -2.90. The standard InChI is InChI=1S/C19H20N2O/c1-13(2)21-18(14-8-4-3-5-9-14)19(22)16-12-20-17-11-7-6-10-15(16)17/h3-13,18,20-21H,1-2H3/p+1/t18-/m0/s1. The molecule has 3 nitrogen and oxygen atoms in total. The summed E-state index contributed by atoms with van der Waals surface area (Å²) in [5.41, 5.74) is 2.81. The van der Waals surface area contributed by atoms with E-state index in [0.717, 1.165) is 22.0 Å². The molecule has 0 aliphatic carbocycles. The number of hydrogen-bond acceptors (Lipinski definition) is 1. The van der Waals surface area contributed by atoms with Gasteiger partial charge in [0.1, 0.15) is 0 Å². The van der Waals surface area contributed by atoms with Crippen LogP contribution in [-0.2, 0) is 0 Å². The van der Waals surface area contributed by atoms with Crippen LogP contribution in [-0.4, -0.2) is 16.8 Å². The zero-order valence-electron chi connectivity index (χ0n) is 12.9. The van der Waals surface area contributed by atoms with Gasteiger partial charge in [-0.05, 0) is 19.9 Å². The molecule has 3 N–H and O–H groups in total. The molecule has 0 saturated carbocycles. The number of nitrogens with one attached hydrogen (secondary N) is 1. The molecule has 0 unspecified atom stereocenters. The maximum Gasteiger partial charge on any atom is 0.226 e. The van der Waals surface area contributed by atoms with E-state index in [0.29, 0.717) is 6.04 Å². The maximum atomic E-state index is 13.1. The van der Waals surface area contributed by atoms with Gasteiger partial charge in [0.15, 0.2) is 6.04 Å². The number of quaternary nitrogens is 1. The largest absolute Gasteiger partial charge is 0.360 e. The number of aromatic nitrogens is 1. The fourth-order valence-electron chi connectivity index (χ4n) is 2.84. The number of carbonyl (C=O) groups excluding carboxylic acids is 1. The van der Waals surface area contributed by atoms with Gasteiger partial charge in [-0.25, -0.2) is 0 Å². The van der Waals surface area contributed by atoms with Crippen LogP contribution < -0.4 is 5.32 Å². The molecule has 1 heterocycles. The molecular weight excluding hydrogens is 272 g/mol. The summed E-state index contributed by atoms with van der Waals surface area (Å²) in [6.07, 6.45) is 1.83. The van der Waals surface area contributed by atoms with Gasteiger partial charge >= 0.3 is 0 Å². The first kappa shape index (κ1) is 14.5. The van der Waals surface area contributed by atoms with Gasteiger partial charge in [0.25, 0.3) is 0 Å². The SMILES string of the molecule is CC(C)[NH2+][C@H](C(=O)c1c[nH]c2ccccc12)c1ccccc1. The number of para-hydroxylation sites is 1. The summed E-state index contributed by atoms with van der Waals surface area (Å²) in [7, 11) is 0. The van der Waals surface area contributed by atoms with Gasteiger partial charge < -0.3 is 10.3 Å². The van der Waals surface area contributed by atoms with Crippen LogP contribution in [0.5, 0.6) is 0 Å². The minimum Gasteiger partial charge on any atom is -0.360 e. The zero-order valence-corrected chi connectivity index (χ0v) is 12.9. The Balaban J connectivity index is 2.02. The summed E-state index contributed by atoms with van der Waals surface area (Å²) in [5.74, 6) is 0.150. The molecule has 112 valence electrons. The number of H-pyrrole nitrogens is 1. The molecule has 3 rings (SSSR count). The lowest BCUT2D eigenvalue weighted by Gasteiger charge is -2.17. The minimum atomic E-state index is -0.208. The van der Waals surface area contributed by atoms with E-state index in [1.54, 1.807) is 0 Å². The second-order valence-corrected chi connectivity index (χ2v) is 5.94. The lowest BCUT2D eigenvalue weighted by atomic mass is 9.96. The summed E-state index contributed by atoms with van der Waals surface area (Å²) in [6.45, 7) is 4.22. The van der Waals surface area contributed by atoms with Gasteiger partial charge in [-0.15, -0.1) is 0 Å². The third-order valence-electron chi connectivity index (χ3n) is 3.87. The first-order valence-corrected chi connectivity index (χ1v) is 7.67. The van der Waals surface area contributed by atoms with Crippen LogP contribution in [0.2, 0.25) is 0 Å². The predicted molar refractivity (Wildman–Crippen MR) is 88.9 cm³/mol. The highest BCUT2D eigenvalue weighted by atomic mass is 16.1. The number of aromatic amines is 1. The molecule has 0 saturated heterocycles. The quantitative estimate of drug-likeness (QED) is 0.698. The number of benzene rings is 2. The van der Waals surface area contributed by atoms with Crippen LogP contribution in [0.4, 0.5) is 0 Å². The second-order valence-electron chi connectivity index (χ2n) is 5.94. The van der Waals surface area contributed by atoms with Crippen molar-refractivity contribution in [2.45, 2.75) is 25.9 Å². The molecule has 1 atom stereocenters. The summed E-state index contributed by atoms with van der Waals surface area (Å²) in [6, 6.07) is 18.1. The van der Waals surface area contributed by atoms with Crippen molar-refractivity contribution in [1.29, 1.82) is 0 Å². The van der Waals surface area contributed by atoms with Crippen LogP contribution in [0.3, 0.4) is 0 Å². The number of fused-ring (bicyclic) bond motifs is 1. The van der Waals surface area contributed by atoms with Gasteiger partial charge in [-0.1, -0.05) is 48.5 Å². The Hall–Kier alpha value is -2.39. The maximum absolute atomic E-state index is 13.1. The van der Waals surface area contributed by atoms with Crippen LogP contribution in [0.1, 0.15) is 35.8 Å². The Morgan fingerprint density at radius 3 is 2.41 bits per heavy atom. The highest BCUT2D eigenvalue weighted by molar-refractivity contribution is 6.09. The second kappa shape index (κ2) is 6.16. The van der Waals surface area contributed by atoms with Crippen molar-refractivity contribution in [2.24, 2.45) is 0 Å². The van der Waals surface area contributed by atoms with E-state index in [4.69, 9.17) is 0 Å². The van der Waals surface area contributed by atoms with E-state index in [2.05, 4.69) is 24.1 Å². The third kappa shape index (κ3) is 2.81. The highest BCUT2D eigenvalue weighted by Crippen LogP contribution is 2.22. The van der Waals surface area contributed by atoms with Crippen molar-refractivity contribution >= 4 is 16.7 Å². The molecule has 1 aromatic heterocycles. The third-order valence-corrected chi connectivity index (χ3v) is 3.87. The number of rotatable bonds is 5. The van der Waals surface area contributed by atoms with Crippen molar-refractivity contribution in [3.05, 3.63) is 71.9 Å². The van der Waals surface area contributed by atoms with Crippen LogP contribution >= 0.6 is 0 Å². The molecule has 3 aromatic rings. The van der Waals surface area contributed by atoms with E-state index in [9.17, 15) is 4.79 Å². The number of Topliss-reactive ketones (excluding diaryl/α,β-unsaturated/α-hetero) is 1. The fourth-order valence-corrected chi connectivity index (χ4v) is 2.84. The number of carbonyl (C=O) groups is 1. The van der Waals surface area contributed by atoms with E-state index in [-0.39, 0.29) is 11.8 Å². The van der Waals surface area contributed by atoms with E-state index < -0.39 is 0 Å². The smallest absolute Gasteiger partial charge is 0.226 e. The van der Waals surface area contributed by atoms with Crippen molar-refractivity contribution in [2.75, 3.05) is 0 Å². The molecule has 0 spiro atoms. The lowest BCUT2D eigenvalue weighted by molar-refractivity contribution is -0.708. The van der Waals surface area contributed by atoms with Crippen molar-refractivity contribution in [3.63, 3.8) is 0 Å². The molecule has 0 aliphatic heterocycles. The molecular formula is C19H21N2O+. The zero-order chi connectivity index (χ0) is 15.5. The number of ketones is 1. The fraction of sp³-hybridized carbons (Fsp3) is 0.211. The monoisotopic (exact) mass is 293 g/mol. The number of nitrogens with two attached hydrogens (primary N) is 1. The Morgan fingerprint density at radius 1 is 1.00 bits per heavy atom. The first-order chi connectivity index (χ1) is 10.7. The van der Waals surface area contributed by atoms with Crippen LogP contribution in [0.25, 0.3) is 10.9 Å². The summed E-state index contributed by atoms with van der Waals surface area (Å²) >= 11 is 0. The van der Waals surface area contributed by atoms with Crippen LogP contribution in [0, 0.1) is 0 Å². The van der Waals surface area contributed by atoms with Gasteiger partial charge in [0, 0.05) is 28.2 Å². The molecule has 2 aromatic carbocycles. The molecule has 22 heavy (non-hydrogen) atoms. The Morgan fingerprint density at radius 2 is 1.68 bits per heavy atom. The summed E-state index contributed by atoms with van der Waals surface area (Å²) in [4.78, 5) is 16.3. The van der Waals surface area contributed by atoms with Gasteiger partial charge in [0.2, 0.25) is 5.78 Å². The van der Waals surface area contributed by atoms with Crippen LogP contribution in [0.15, 0.2) is 60.8 Å². The molecule has 0 bridgehead atoms. The predicted octanol–water partition coefficient (Wildman–Crippen LogP) is 3.06. The Bertz CT molecular complexity index is 774. The average Bonchev–Trinajstić information content (AvgIpc) is 2.97. The van der Waals surface area contributed by atoms with Crippen molar-refractivity contribution in [3.8, 4) is 0 Å². The normalized spacial score (nSPS) is 12.7. The Labute approximate surface area is 130 Å². The van der Waals surface area contributed by atoms with Gasteiger partial charge in [0.05, 0.1) is 6.04 Å². The van der Waals surface area contributed by atoms with E-state index in [1.807, 2.05) is 60.8 Å².